The smallest absolute Gasteiger partial charge is 0.321 e. The van der Waals surface area contributed by atoms with Crippen LogP contribution in [0.3, 0.4) is 0 Å². The monoisotopic (exact) mass is 268 g/mol. The van der Waals surface area contributed by atoms with Crippen LogP contribution in [0, 0.1) is 5.92 Å². The van der Waals surface area contributed by atoms with E-state index in [0.717, 1.165) is 6.42 Å². The van der Waals surface area contributed by atoms with Crippen LogP contribution in [0.2, 0.25) is 0 Å². The summed E-state index contributed by atoms with van der Waals surface area (Å²) in [6.07, 6.45) is 2.43. The molecule has 0 aliphatic rings. The first-order valence-corrected chi connectivity index (χ1v) is 6.18. The molecule has 0 radical (unpaired) electrons. The predicted octanol–water partition coefficient (Wildman–Crippen LogP) is -0.391. The van der Waals surface area contributed by atoms with E-state index in [1.807, 2.05) is 0 Å². The molecule has 0 spiro atoms. The number of nitrogens with one attached hydrogen (secondary N) is 2. The third-order valence-corrected chi connectivity index (χ3v) is 2.36. The van der Waals surface area contributed by atoms with Crippen LogP contribution in [0.15, 0.2) is 6.20 Å². The number of nitrogens with two attached hydrogens (primary N) is 1. The van der Waals surface area contributed by atoms with Crippen molar-refractivity contribution in [2.24, 2.45) is 11.7 Å². The molecule has 4 N–H and O–H groups in total. The number of aromatic nitrogens is 3. The van der Waals surface area contributed by atoms with E-state index < -0.39 is 11.9 Å². The van der Waals surface area contributed by atoms with Crippen LogP contribution in [0.1, 0.15) is 26.0 Å². The summed E-state index contributed by atoms with van der Waals surface area (Å²) >= 11 is 0. The van der Waals surface area contributed by atoms with E-state index in [2.05, 4.69) is 34.8 Å². The standard InChI is InChI=1S/C11H20N6O2/c1-8(2)3-4-13-11(19)14-10(18)7-17-6-9(5-12)15-16-17/h6,8H,3-5,7,12H2,1-2H3,(H2,13,14,18,19). The van der Waals surface area contributed by atoms with Gasteiger partial charge in [0.05, 0.1) is 11.9 Å². The van der Waals surface area contributed by atoms with Gasteiger partial charge in [-0.2, -0.15) is 0 Å². The average Bonchev–Trinajstić information content (AvgIpc) is 2.75. The molecule has 0 bridgehead atoms. The Labute approximate surface area is 111 Å². The maximum Gasteiger partial charge on any atom is 0.321 e. The van der Waals surface area contributed by atoms with E-state index in [1.54, 1.807) is 6.20 Å². The second-order valence-electron chi connectivity index (χ2n) is 4.60. The van der Waals surface area contributed by atoms with Crippen LogP contribution in [0.25, 0.3) is 0 Å². The van der Waals surface area contributed by atoms with Gasteiger partial charge in [-0.3, -0.25) is 10.1 Å². The third kappa shape index (κ3) is 5.96. The summed E-state index contributed by atoms with van der Waals surface area (Å²) in [6.45, 7) is 4.86. The minimum absolute atomic E-state index is 0.0649. The van der Waals surface area contributed by atoms with Crippen molar-refractivity contribution in [2.75, 3.05) is 6.54 Å². The van der Waals surface area contributed by atoms with Crippen LogP contribution in [0.4, 0.5) is 4.79 Å². The lowest BCUT2D eigenvalue weighted by molar-refractivity contribution is -0.120. The van der Waals surface area contributed by atoms with E-state index in [4.69, 9.17) is 5.73 Å². The highest BCUT2D eigenvalue weighted by Crippen LogP contribution is 1.96. The topological polar surface area (TPSA) is 115 Å². The number of amides is 3. The first-order chi connectivity index (χ1) is 9.01. The van der Waals surface area contributed by atoms with Crippen molar-refractivity contribution in [3.05, 3.63) is 11.9 Å². The van der Waals surface area contributed by atoms with Crippen LogP contribution in [-0.2, 0) is 17.9 Å². The van der Waals surface area contributed by atoms with Crippen LogP contribution in [0.5, 0.6) is 0 Å². The summed E-state index contributed by atoms with van der Waals surface area (Å²) in [7, 11) is 0. The Hall–Kier alpha value is -1.96. The quantitative estimate of drug-likeness (QED) is 0.650. The highest BCUT2D eigenvalue weighted by Gasteiger charge is 2.09. The lowest BCUT2D eigenvalue weighted by Crippen LogP contribution is -2.41. The van der Waals surface area contributed by atoms with Crippen LogP contribution >= 0.6 is 0 Å². The van der Waals surface area contributed by atoms with Crippen molar-refractivity contribution >= 4 is 11.9 Å². The number of nitrogens with zero attached hydrogens (tertiary/aromatic N) is 3. The average molecular weight is 268 g/mol. The molecule has 0 atom stereocenters. The summed E-state index contributed by atoms with van der Waals surface area (Å²) in [5.74, 6) is 0.0522. The van der Waals surface area contributed by atoms with Crippen LogP contribution < -0.4 is 16.4 Å². The second-order valence-corrected chi connectivity index (χ2v) is 4.60. The number of carbonyl (C=O) groups is 2. The number of rotatable bonds is 6. The third-order valence-electron chi connectivity index (χ3n) is 2.36. The number of imide groups is 1. The summed E-state index contributed by atoms with van der Waals surface area (Å²) < 4.78 is 1.33. The maximum atomic E-state index is 11.5. The van der Waals surface area contributed by atoms with Gasteiger partial charge in [0, 0.05) is 13.1 Å². The van der Waals surface area contributed by atoms with Gasteiger partial charge in [0.1, 0.15) is 6.54 Å². The molecule has 8 heteroatoms. The molecule has 1 heterocycles. The molecule has 0 aliphatic carbocycles. The Morgan fingerprint density at radius 1 is 1.47 bits per heavy atom. The lowest BCUT2D eigenvalue weighted by Gasteiger charge is -2.07. The Bertz CT molecular complexity index is 429. The van der Waals surface area contributed by atoms with Gasteiger partial charge in [-0.1, -0.05) is 19.1 Å². The van der Waals surface area contributed by atoms with Crippen molar-refractivity contribution in [1.29, 1.82) is 0 Å². The zero-order valence-electron chi connectivity index (χ0n) is 11.2. The molecule has 1 rings (SSSR count). The zero-order chi connectivity index (χ0) is 14.3. The number of hydrogen-bond acceptors (Lipinski definition) is 5. The highest BCUT2D eigenvalue weighted by molar-refractivity contribution is 5.94. The van der Waals surface area contributed by atoms with Crippen molar-refractivity contribution in [3.63, 3.8) is 0 Å². The van der Waals surface area contributed by atoms with Gasteiger partial charge >= 0.3 is 6.03 Å². The summed E-state index contributed by atoms with van der Waals surface area (Å²) in [5.41, 5.74) is 5.97. The molecule has 0 fully saturated rings. The van der Waals surface area contributed by atoms with E-state index in [1.165, 1.54) is 4.68 Å². The van der Waals surface area contributed by atoms with Crippen molar-refractivity contribution in [3.8, 4) is 0 Å². The first-order valence-electron chi connectivity index (χ1n) is 6.18. The molecule has 0 aromatic carbocycles. The molecule has 8 nitrogen and oxygen atoms in total. The molecular formula is C11H20N6O2. The van der Waals surface area contributed by atoms with Gasteiger partial charge in [-0.15, -0.1) is 5.10 Å². The molecule has 106 valence electrons. The largest absolute Gasteiger partial charge is 0.338 e. The Kier molecular flexibility index (Phi) is 5.94. The Morgan fingerprint density at radius 2 is 2.21 bits per heavy atom. The maximum absolute atomic E-state index is 11.5. The minimum Gasteiger partial charge on any atom is -0.338 e. The molecule has 0 saturated carbocycles. The van der Waals surface area contributed by atoms with Crippen molar-refractivity contribution < 1.29 is 9.59 Å². The molecule has 0 aliphatic heterocycles. The zero-order valence-corrected chi connectivity index (χ0v) is 11.2. The number of carbonyl (C=O) groups excluding carboxylic acids is 2. The molecule has 0 unspecified atom stereocenters. The fourth-order valence-corrected chi connectivity index (χ4v) is 1.34. The van der Waals surface area contributed by atoms with Gasteiger partial charge in [0.15, 0.2) is 0 Å². The van der Waals surface area contributed by atoms with E-state index in [-0.39, 0.29) is 13.1 Å². The van der Waals surface area contributed by atoms with Crippen molar-refractivity contribution in [1.82, 2.24) is 25.6 Å². The van der Waals surface area contributed by atoms with Crippen LogP contribution in [-0.4, -0.2) is 33.5 Å². The molecule has 0 saturated heterocycles. The molecule has 1 aromatic rings. The summed E-state index contributed by atoms with van der Waals surface area (Å²) in [6, 6.07) is -0.496. The first kappa shape index (κ1) is 15.1. The van der Waals surface area contributed by atoms with Gasteiger partial charge < -0.3 is 11.1 Å². The Morgan fingerprint density at radius 3 is 2.79 bits per heavy atom. The number of hydrogen-bond donors (Lipinski definition) is 3. The fourth-order valence-electron chi connectivity index (χ4n) is 1.34. The highest BCUT2D eigenvalue weighted by atomic mass is 16.2. The number of urea groups is 1. The molecule has 19 heavy (non-hydrogen) atoms. The summed E-state index contributed by atoms with van der Waals surface area (Å²) in [4.78, 5) is 22.9. The second kappa shape index (κ2) is 7.47. The predicted molar refractivity (Wildman–Crippen MR) is 68.9 cm³/mol. The van der Waals surface area contributed by atoms with Gasteiger partial charge in [0.25, 0.3) is 0 Å². The Balaban J connectivity index is 2.28. The SMILES string of the molecule is CC(C)CCNC(=O)NC(=O)Cn1cc(CN)nn1. The molecule has 1 aromatic heterocycles. The van der Waals surface area contributed by atoms with Crippen molar-refractivity contribution in [2.45, 2.75) is 33.4 Å². The fraction of sp³-hybridized carbons (Fsp3) is 0.636. The van der Waals surface area contributed by atoms with E-state index in [9.17, 15) is 9.59 Å². The van der Waals surface area contributed by atoms with Gasteiger partial charge in [-0.05, 0) is 12.3 Å². The van der Waals surface area contributed by atoms with Gasteiger partial charge in [0.2, 0.25) is 5.91 Å². The van der Waals surface area contributed by atoms with Gasteiger partial charge in [-0.25, -0.2) is 9.48 Å². The molecule has 3 amide bonds. The summed E-state index contributed by atoms with van der Waals surface area (Å²) in [5, 5.41) is 12.3. The van der Waals surface area contributed by atoms with E-state index in [0.29, 0.717) is 18.2 Å². The normalized spacial score (nSPS) is 10.5. The molecular weight excluding hydrogens is 248 g/mol. The lowest BCUT2D eigenvalue weighted by atomic mass is 10.1. The van der Waals surface area contributed by atoms with E-state index >= 15 is 0 Å². The minimum atomic E-state index is -0.496.